The zero-order valence-corrected chi connectivity index (χ0v) is 17.7. The number of amides is 3. The van der Waals surface area contributed by atoms with Crippen LogP contribution >= 0.6 is 0 Å². The first-order chi connectivity index (χ1) is 14.6. The van der Waals surface area contributed by atoms with E-state index in [0.29, 0.717) is 13.2 Å². The first kappa shape index (κ1) is 23.2. The van der Waals surface area contributed by atoms with Crippen LogP contribution < -0.4 is 0 Å². The molecule has 6 nitrogen and oxygen atoms in total. The van der Waals surface area contributed by atoms with Gasteiger partial charge in [0.15, 0.2) is 0 Å². The summed E-state index contributed by atoms with van der Waals surface area (Å²) in [5, 5.41) is 0. The van der Waals surface area contributed by atoms with Gasteiger partial charge >= 0.3 is 6.18 Å². The Bertz CT molecular complexity index is 851. The smallest absolute Gasteiger partial charge is 0.376 e. The fraction of sp³-hybridized carbons (Fsp3) is 0.591. The quantitative estimate of drug-likeness (QED) is 0.638. The lowest BCUT2D eigenvalue weighted by Gasteiger charge is -2.31. The summed E-state index contributed by atoms with van der Waals surface area (Å²) in [6.45, 7) is 2.67. The third-order valence-corrected chi connectivity index (χ3v) is 6.10. The molecule has 2 saturated heterocycles. The fourth-order valence-corrected chi connectivity index (χ4v) is 4.33. The number of nitrogens with zero attached hydrogens (tertiary/aromatic N) is 2. The molecule has 2 heterocycles. The van der Waals surface area contributed by atoms with Gasteiger partial charge in [0.1, 0.15) is 0 Å². The summed E-state index contributed by atoms with van der Waals surface area (Å²) in [6.07, 6.45) is -2.64. The first-order valence-corrected chi connectivity index (χ1v) is 10.5. The number of imide groups is 1. The molecule has 0 radical (unpaired) electrons. The second-order valence-corrected chi connectivity index (χ2v) is 8.22. The van der Waals surface area contributed by atoms with E-state index in [0.717, 1.165) is 36.3 Å². The van der Waals surface area contributed by atoms with Crippen LogP contribution in [0.1, 0.15) is 50.2 Å². The Hall–Kier alpha value is -2.42. The van der Waals surface area contributed by atoms with E-state index < -0.39 is 34.9 Å². The van der Waals surface area contributed by atoms with Gasteiger partial charge < -0.3 is 9.64 Å². The van der Waals surface area contributed by atoms with Crippen molar-refractivity contribution < 1.29 is 32.3 Å². The van der Waals surface area contributed by atoms with Gasteiger partial charge in [-0.1, -0.05) is 18.2 Å². The van der Waals surface area contributed by atoms with Gasteiger partial charge in [0.2, 0.25) is 17.7 Å². The predicted molar refractivity (Wildman–Crippen MR) is 106 cm³/mol. The van der Waals surface area contributed by atoms with Crippen LogP contribution in [0.25, 0.3) is 0 Å². The molecule has 0 spiro atoms. The second-order valence-electron chi connectivity index (χ2n) is 8.22. The van der Waals surface area contributed by atoms with Gasteiger partial charge in [0.25, 0.3) is 0 Å². The molecule has 9 heteroatoms. The molecule has 2 atom stereocenters. The predicted octanol–water partition coefficient (Wildman–Crippen LogP) is 3.14. The van der Waals surface area contributed by atoms with Crippen molar-refractivity contribution in [3.05, 3.63) is 35.4 Å². The number of benzene rings is 1. The molecular weight excluding hydrogens is 413 g/mol. The van der Waals surface area contributed by atoms with Crippen molar-refractivity contribution in [2.45, 2.75) is 56.7 Å². The monoisotopic (exact) mass is 440 g/mol. The maximum absolute atomic E-state index is 13.3. The van der Waals surface area contributed by atoms with E-state index in [4.69, 9.17) is 4.74 Å². The number of alkyl halides is 3. The third-order valence-electron chi connectivity index (χ3n) is 6.10. The minimum atomic E-state index is -4.60. The summed E-state index contributed by atoms with van der Waals surface area (Å²) in [5.41, 5.74) is -2.53. The molecule has 2 unspecified atom stereocenters. The molecule has 2 aliphatic heterocycles. The summed E-state index contributed by atoms with van der Waals surface area (Å²) in [6, 6.07) is 4.37. The maximum atomic E-state index is 13.3. The summed E-state index contributed by atoms with van der Waals surface area (Å²) in [4.78, 5) is 41.2. The van der Waals surface area contributed by atoms with Crippen LogP contribution in [-0.4, -0.2) is 60.4 Å². The average molecular weight is 440 g/mol. The number of hydrogen-bond acceptors (Lipinski definition) is 4. The van der Waals surface area contributed by atoms with Crippen molar-refractivity contribution in [1.82, 2.24) is 9.80 Å². The van der Waals surface area contributed by atoms with Crippen molar-refractivity contribution in [2.75, 3.05) is 26.7 Å². The molecule has 31 heavy (non-hydrogen) atoms. The Morgan fingerprint density at radius 2 is 2.03 bits per heavy atom. The Kier molecular flexibility index (Phi) is 6.73. The number of carbonyl (C=O) groups is 3. The van der Waals surface area contributed by atoms with Crippen LogP contribution in [0.15, 0.2) is 24.3 Å². The van der Waals surface area contributed by atoms with E-state index in [1.807, 2.05) is 0 Å². The number of halogens is 3. The lowest BCUT2D eigenvalue weighted by atomic mass is 9.75. The number of rotatable bonds is 6. The lowest BCUT2D eigenvalue weighted by Crippen LogP contribution is -2.44. The molecule has 170 valence electrons. The summed E-state index contributed by atoms with van der Waals surface area (Å²) in [5.74, 6) is -1.53. The largest absolute Gasteiger partial charge is 0.416 e. The van der Waals surface area contributed by atoms with E-state index >= 15 is 0 Å². The van der Waals surface area contributed by atoms with Crippen molar-refractivity contribution in [3.8, 4) is 0 Å². The third kappa shape index (κ3) is 4.76. The van der Waals surface area contributed by atoms with Crippen LogP contribution in [0.2, 0.25) is 0 Å². The van der Waals surface area contributed by atoms with Gasteiger partial charge in [0, 0.05) is 39.6 Å². The lowest BCUT2D eigenvalue weighted by molar-refractivity contribution is -0.143. The molecule has 3 amide bonds. The molecule has 2 aliphatic rings. The van der Waals surface area contributed by atoms with Crippen LogP contribution in [0.5, 0.6) is 0 Å². The number of carbonyl (C=O) groups excluding carboxylic acids is 3. The Labute approximate surface area is 179 Å². The van der Waals surface area contributed by atoms with Crippen LogP contribution in [-0.2, 0) is 30.7 Å². The molecule has 1 aromatic carbocycles. The van der Waals surface area contributed by atoms with Gasteiger partial charge in [-0.05, 0) is 37.8 Å². The Balaban J connectivity index is 1.91. The number of ether oxygens (including phenoxy) is 1. The van der Waals surface area contributed by atoms with E-state index in [-0.39, 0.29) is 31.1 Å². The molecule has 0 N–H and O–H groups in total. The number of likely N-dealkylation sites (tertiary alicyclic amines) is 1. The van der Waals surface area contributed by atoms with Gasteiger partial charge in [-0.15, -0.1) is 0 Å². The van der Waals surface area contributed by atoms with E-state index in [1.54, 1.807) is 14.0 Å². The van der Waals surface area contributed by atoms with Gasteiger partial charge in [-0.2, -0.15) is 13.2 Å². The molecular formula is C22H27F3N2O4. The molecule has 1 aromatic rings. The highest BCUT2D eigenvalue weighted by Crippen LogP contribution is 2.42. The van der Waals surface area contributed by atoms with Gasteiger partial charge in [0.05, 0.1) is 17.1 Å². The van der Waals surface area contributed by atoms with Crippen molar-refractivity contribution in [2.24, 2.45) is 0 Å². The summed E-state index contributed by atoms with van der Waals surface area (Å²) < 4.78 is 45.5. The molecule has 0 aliphatic carbocycles. The van der Waals surface area contributed by atoms with Crippen LogP contribution in [0.4, 0.5) is 13.2 Å². The van der Waals surface area contributed by atoms with Crippen LogP contribution in [0, 0.1) is 0 Å². The minimum absolute atomic E-state index is 0.0345. The highest BCUT2D eigenvalue weighted by molar-refractivity contribution is 6.10. The second kappa shape index (κ2) is 8.98. The average Bonchev–Trinajstić information content (AvgIpc) is 2.98. The van der Waals surface area contributed by atoms with Gasteiger partial charge in [-0.3, -0.25) is 19.3 Å². The standard InChI is InChI=1S/C22H27F3N2O4/c1-3-27-19(29)13-21(20(27)30,15-7-6-8-16(11-15)22(23,24)25)12-18(28)26(2)14-17-9-4-5-10-31-17/h6-8,11,17H,3-5,9-10,12-14H2,1-2H3. The zero-order chi connectivity index (χ0) is 22.8. The SMILES string of the molecule is CCN1C(=O)CC(CC(=O)N(C)CC2CCCCO2)(c2cccc(C(F)(F)F)c2)C1=O. The van der Waals surface area contributed by atoms with Crippen LogP contribution in [0.3, 0.4) is 0 Å². The topological polar surface area (TPSA) is 66.9 Å². The van der Waals surface area contributed by atoms with Crippen molar-refractivity contribution >= 4 is 17.7 Å². The van der Waals surface area contributed by atoms with E-state index in [9.17, 15) is 27.6 Å². The zero-order valence-electron chi connectivity index (χ0n) is 17.7. The number of likely N-dealkylation sites (N-methyl/N-ethyl adjacent to an activating group) is 2. The van der Waals surface area contributed by atoms with Crippen molar-refractivity contribution in [1.29, 1.82) is 0 Å². The summed E-state index contributed by atoms with van der Waals surface area (Å²) >= 11 is 0. The molecule has 0 saturated carbocycles. The van der Waals surface area contributed by atoms with E-state index in [1.165, 1.54) is 17.0 Å². The van der Waals surface area contributed by atoms with Gasteiger partial charge in [-0.25, -0.2) is 0 Å². The molecule has 3 rings (SSSR count). The van der Waals surface area contributed by atoms with E-state index in [2.05, 4.69) is 0 Å². The fourth-order valence-electron chi connectivity index (χ4n) is 4.33. The maximum Gasteiger partial charge on any atom is 0.416 e. The molecule has 0 bridgehead atoms. The first-order valence-electron chi connectivity index (χ1n) is 10.5. The molecule has 2 fully saturated rings. The number of hydrogen-bond donors (Lipinski definition) is 0. The highest BCUT2D eigenvalue weighted by atomic mass is 19.4. The Morgan fingerprint density at radius 1 is 1.29 bits per heavy atom. The Morgan fingerprint density at radius 3 is 2.61 bits per heavy atom. The van der Waals surface area contributed by atoms with Crippen molar-refractivity contribution in [3.63, 3.8) is 0 Å². The molecule has 0 aromatic heterocycles. The highest BCUT2D eigenvalue weighted by Gasteiger charge is 2.54. The minimum Gasteiger partial charge on any atom is -0.376 e. The summed E-state index contributed by atoms with van der Waals surface area (Å²) in [7, 11) is 1.58. The normalized spacial score (nSPS) is 24.5.